The number of morpholine rings is 1. The number of nitrogens with zero attached hydrogens (tertiary/aromatic N) is 2. The quantitative estimate of drug-likeness (QED) is 0.683. The van der Waals surface area contributed by atoms with Crippen LogP contribution in [0.1, 0.15) is 6.42 Å². The Kier molecular flexibility index (Phi) is 3.81. The normalized spacial score (nSPS) is 24.4. The Morgan fingerprint density at radius 1 is 1.33 bits per heavy atom. The molecule has 1 atom stereocenters. The summed E-state index contributed by atoms with van der Waals surface area (Å²) in [6.45, 7) is 2.01. The lowest BCUT2D eigenvalue weighted by Crippen LogP contribution is -2.44. The molecule has 0 aromatic heterocycles. The average molecular weight is 256 g/mol. The lowest BCUT2D eigenvalue weighted by Gasteiger charge is -2.28. The van der Waals surface area contributed by atoms with Gasteiger partial charge in [-0.2, -0.15) is 0 Å². The number of aliphatic carboxylic acids is 1. The molecule has 0 aliphatic carbocycles. The molecular formula is C11H16N2O5. The van der Waals surface area contributed by atoms with Crippen molar-refractivity contribution in [3.63, 3.8) is 0 Å². The molecule has 1 N–H and O–H groups in total. The summed E-state index contributed by atoms with van der Waals surface area (Å²) >= 11 is 0. The van der Waals surface area contributed by atoms with E-state index in [1.807, 2.05) is 0 Å². The number of hydrogen-bond acceptors (Lipinski definition) is 4. The van der Waals surface area contributed by atoms with Crippen molar-refractivity contribution in [1.29, 1.82) is 0 Å². The monoisotopic (exact) mass is 256 g/mol. The van der Waals surface area contributed by atoms with Crippen LogP contribution in [0.5, 0.6) is 0 Å². The molecule has 2 rings (SSSR count). The van der Waals surface area contributed by atoms with Gasteiger partial charge in [0.2, 0.25) is 11.8 Å². The van der Waals surface area contributed by atoms with Crippen LogP contribution in [0.3, 0.4) is 0 Å². The van der Waals surface area contributed by atoms with Gasteiger partial charge >= 0.3 is 5.97 Å². The summed E-state index contributed by atoms with van der Waals surface area (Å²) in [5, 5.41) is 8.66. The minimum absolute atomic E-state index is 0.0699. The van der Waals surface area contributed by atoms with Crippen molar-refractivity contribution >= 4 is 17.8 Å². The van der Waals surface area contributed by atoms with Crippen LogP contribution in [0.25, 0.3) is 0 Å². The summed E-state index contributed by atoms with van der Waals surface area (Å²) in [4.78, 5) is 37.2. The van der Waals surface area contributed by atoms with Crippen LogP contribution in [0.2, 0.25) is 0 Å². The molecule has 2 fully saturated rings. The van der Waals surface area contributed by atoms with Gasteiger partial charge < -0.3 is 19.6 Å². The average Bonchev–Trinajstić information content (AvgIpc) is 2.70. The number of amides is 2. The van der Waals surface area contributed by atoms with Crippen LogP contribution in [-0.2, 0) is 19.1 Å². The zero-order valence-electron chi connectivity index (χ0n) is 10.0. The highest BCUT2D eigenvalue weighted by Crippen LogP contribution is 2.20. The van der Waals surface area contributed by atoms with Crippen LogP contribution in [0, 0.1) is 5.92 Å². The molecule has 7 heteroatoms. The van der Waals surface area contributed by atoms with Crippen molar-refractivity contribution in [2.75, 3.05) is 39.4 Å². The summed E-state index contributed by atoms with van der Waals surface area (Å²) in [5.74, 6) is -1.79. The van der Waals surface area contributed by atoms with Crippen molar-refractivity contribution in [3.8, 4) is 0 Å². The van der Waals surface area contributed by atoms with E-state index in [4.69, 9.17) is 9.84 Å². The molecule has 1 unspecified atom stereocenters. The van der Waals surface area contributed by atoms with Crippen molar-refractivity contribution in [1.82, 2.24) is 9.80 Å². The van der Waals surface area contributed by atoms with Gasteiger partial charge in [-0.3, -0.25) is 14.4 Å². The van der Waals surface area contributed by atoms with Gasteiger partial charge in [-0.05, 0) is 0 Å². The molecule has 7 nitrogen and oxygen atoms in total. The first-order valence-electron chi connectivity index (χ1n) is 5.94. The Morgan fingerprint density at radius 3 is 2.61 bits per heavy atom. The maximum atomic E-state index is 12.1. The number of carbonyl (C=O) groups is 3. The fraction of sp³-hybridized carbons (Fsp3) is 0.727. The third kappa shape index (κ3) is 2.79. The summed E-state index contributed by atoms with van der Waals surface area (Å²) in [5.41, 5.74) is 0. The molecule has 2 aliphatic rings. The Balaban J connectivity index is 1.92. The largest absolute Gasteiger partial charge is 0.480 e. The first-order valence-corrected chi connectivity index (χ1v) is 5.94. The first kappa shape index (κ1) is 12.8. The van der Waals surface area contributed by atoms with E-state index < -0.39 is 11.9 Å². The van der Waals surface area contributed by atoms with Gasteiger partial charge in [0, 0.05) is 26.1 Å². The van der Waals surface area contributed by atoms with E-state index >= 15 is 0 Å². The third-order valence-corrected chi connectivity index (χ3v) is 3.21. The molecule has 18 heavy (non-hydrogen) atoms. The number of hydrogen-bond donors (Lipinski definition) is 1. The Morgan fingerprint density at radius 2 is 2.00 bits per heavy atom. The second-order valence-corrected chi connectivity index (χ2v) is 4.51. The van der Waals surface area contributed by atoms with Crippen molar-refractivity contribution in [3.05, 3.63) is 0 Å². The minimum atomic E-state index is -1.05. The molecule has 0 bridgehead atoms. The third-order valence-electron chi connectivity index (χ3n) is 3.21. The van der Waals surface area contributed by atoms with Gasteiger partial charge in [-0.1, -0.05) is 0 Å². The summed E-state index contributed by atoms with van der Waals surface area (Å²) < 4.78 is 5.16. The maximum absolute atomic E-state index is 12.1. The number of carbonyl (C=O) groups excluding carboxylic acids is 2. The second kappa shape index (κ2) is 5.34. The molecular weight excluding hydrogens is 240 g/mol. The number of carboxylic acid groups (broad SMARTS) is 1. The topological polar surface area (TPSA) is 87.2 Å². The van der Waals surface area contributed by atoms with Gasteiger partial charge in [-0.15, -0.1) is 0 Å². The first-order chi connectivity index (χ1) is 8.58. The summed E-state index contributed by atoms with van der Waals surface area (Å²) in [7, 11) is 0. The fourth-order valence-electron chi connectivity index (χ4n) is 2.30. The van der Waals surface area contributed by atoms with Crippen LogP contribution in [0.4, 0.5) is 0 Å². The van der Waals surface area contributed by atoms with Crippen molar-refractivity contribution in [2.45, 2.75) is 6.42 Å². The predicted molar refractivity (Wildman–Crippen MR) is 59.7 cm³/mol. The number of carboxylic acids is 1. The Hall–Kier alpha value is -1.63. The molecule has 100 valence electrons. The van der Waals surface area contributed by atoms with Crippen LogP contribution in [0.15, 0.2) is 0 Å². The zero-order valence-corrected chi connectivity index (χ0v) is 10.0. The van der Waals surface area contributed by atoms with E-state index in [2.05, 4.69) is 0 Å². The molecule has 0 saturated carbocycles. The highest BCUT2D eigenvalue weighted by Gasteiger charge is 2.37. The van der Waals surface area contributed by atoms with E-state index in [1.165, 1.54) is 4.90 Å². The van der Waals surface area contributed by atoms with E-state index in [1.54, 1.807) is 4.90 Å². The molecule has 2 saturated heterocycles. The van der Waals surface area contributed by atoms with Gasteiger partial charge in [0.1, 0.15) is 6.54 Å². The van der Waals surface area contributed by atoms with Gasteiger partial charge in [-0.25, -0.2) is 0 Å². The molecule has 2 heterocycles. The van der Waals surface area contributed by atoms with E-state index in [9.17, 15) is 14.4 Å². The van der Waals surface area contributed by atoms with E-state index in [0.717, 1.165) is 0 Å². The van der Waals surface area contributed by atoms with E-state index in [0.29, 0.717) is 26.3 Å². The molecule has 0 aromatic rings. The molecule has 0 radical (unpaired) electrons. The number of rotatable bonds is 3. The Labute approximate surface area is 104 Å². The second-order valence-electron chi connectivity index (χ2n) is 4.51. The predicted octanol–water partition coefficient (Wildman–Crippen LogP) is -1.22. The van der Waals surface area contributed by atoms with Crippen molar-refractivity contribution in [2.24, 2.45) is 5.92 Å². The van der Waals surface area contributed by atoms with Crippen molar-refractivity contribution < 1.29 is 24.2 Å². The lowest BCUT2D eigenvalue weighted by atomic mass is 10.1. The van der Waals surface area contributed by atoms with Gasteiger partial charge in [0.15, 0.2) is 0 Å². The van der Waals surface area contributed by atoms with Crippen LogP contribution in [-0.4, -0.2) is 72.1 Å². The standard InChI is InChI=1S/C11H16N2O5/c14-9-5-8(6-13(9)7-10(15)16)11(17)12-1-3-18-4-2-12/h8H,1-7H2,(H,15,16). The van der Waals surface area contributed by atoms with Gasteiger partial charge in [0.25, 0.3) is 0 Å². The summed E-state index contributed by atoms with van der Waals surface area (Å²) in [6, 6.07) is 0. The highest BCUT2D eigenvalue weighted by atomic mass is 16.5. The smallest absolute Gasteiger partial charge is 0.323 e. The highest BCUT2D eigenvalue weighted by molar-refractivity contribution is 5.90. The number of likely N-dealkylation sites (tertiary alicyclic amines) is 1. The maximum Gasteiger partial charge on any atom is 0.323 e. The minimum Gasteiger partial charge on any atom is -0.480 e. The molecule has 0 aromatic carbocycles. The SMILES string of the molecule is O=C(O)CN1CC(C(=O)N2CCOCC2)CC1=O. The Bertz CT molecular complexity index is 364. The lowest BCUT2D eigenvalue weighted by molar-refractivity contribution is -0.142. The zero-order chi connectivity index (χ0) is 13.1. The molecule has 2 amide bonds. The fourth-order valence-corrected chi connectivity index (χ4v) is 2.30. The van der Waals surface area contributed by atoms with E-state index in [-0.39, 0.29) is 31.3 Å². The number of ether oxygens (including phenoxy) is 1. The van der Waals surface area contributed by atoms with Crippen LogP contribution >= 0.6 is 0 Å². The van der Waals surface area contributed by atoms with Crippen LogP contribution < -0.4 is 0 Å². The molecule has 0 spiro atoms. The van der Waals surface area contributed by atoms with Gasteiger partial charge in [0.05, 0.1) is 19.1 Å². The molecule has 2 aliphatic heterocycles. The summed E-state index contributed by atoms with van der Waals surface area (Å²) in [6.07, 6.45) is 0.115.